The topological polar surface area (TPSA) is 85.9 Å². The Morgan fingerprint density at radius 3 is 2.75 bits per heavy atom. The molecule has 1 heterocycles. The molecule has 2 aromatic rings. The molecule has 1 atom stereocenters. The summed E-state index contributed by atoms with van der Waals surface area (Å²) in [6.45, 7) is 3.72. The van der Waals surface area contributed by atoms with Crippen LogP contribution in [-0.4, -0.2) is 19.7 Å². The molecule has 1 N–H and O–H groups in total. The molecule has 20 heavy (non-hydrogen) atoms. The molecule has 0 amide bonds. The van der Waals surface area contributed by atoms with Crippen LogP contribution in [0.2, 0.25) is 5.02 Å². The van der Waals surface area contributed by atoms with E-state index in [1.807, 2.05) is 14.0 Å². The van der Waals surface area contributed by atoms with Crippen molar-refractivity contribution >= 4 is 23.0 Å². The van der Waals surface area contributed by atoms with E-state index >= 15 is 0 Å². The predicted octanol–water partition coefficient (Wildman–Crippen LogP) is 2.86. The summed E-state index contributed by atoms with van der Waals surface area (Å²) < 4.78 is 1.81. The Bertz CT molecular complexity index is 655. The summed E-state index contributed by atoms with van der Waals surface area (Å²) in [7, 11) is 1.85. The van der Waals surface area contributed by atoms with Gasteiger partial charge < -0.3 is 9.88 Å². The van der Waals surface area contributed by atoms with Gasteiger partial charge in [0.1, 0.15) is 11.3 Å². The Hall–Kier alpha value is -2.15. The average Bonchev–Trinajstić information content (AvgIpc) is 2.79. The monoisotopic (exact) mass is 295 g/mol. The quantitative estimate of drug-likeness (QED) is 0.692. The van der Waals surface area contributed by atoms with Gasteiger partial charge in [-0.3, -0.25) is 10.1 Å². The van der Waals surface area contributed by atoms with Gasteiger partial charge in [0.2, 0.25) is 0 Å². The summed E-state index contributed by atoms with van der Waals surface area (Å²) in [6.07, 6.45) is 1.61. The van der Waals surface area contributed by atoms with E-state index in [1.54, 1.807) is 23.9 Å². The third-order valence-electron chi connectivity index (χ3n) is 3.00. The predicted molar refractivity (Wildman–Crippen MR) is 75.9 cm³/mol. The zero-order valence-corrected chi connectivity index (χ0v) is 12.0. The van der Waals surface area contributed by atoms with Crippen molar-refractivity contribution in [3.8, 4) is 0 Å². The number of anilines is 1. The van der Waals surface area contributed by atoms with Crippen molar-refractivity contribution < 1.29 is 4.92 Å². The van der Waals surface area contributed by atoms with Crippen LogP contribution in [-0.2, 0) is 7.05 Å². The van der Waals surface area contributed by atoms with Crippen LogP contribution < -0.4 is 5.32 Å². The molecule has 106 valence electrons. The number of aromatic nitrogens is 3. The zero-order chi connectivity index (χ0) is 14.9. The number of rotatable bonds is 4. The molecular weight excluding hydrogens is 282 g/mol. The molecule has 0 fully saturated rings. The molecular formula is C12H14ClN5O2. The van der Waals surface area contributed by atoms with Crippen LogP contribution >= 0.6 is 11.6 Å². The van der Waals surface area contributed by atoms with Crippen molar-refractivity contribution in [2.75, 3.05) is 5.32 Å². The number of nitro benzene ring substituents is 1. The van der Waals surface area contributed by atoms with Crippen LogP contribution in [0.4, 0.5) is 11.4 Å². The third-order valence-corrected chi connectivity index (χ3v) is 3.30. The van der Waals surface area contributed by atoms with Crippen LogP contribution in [0.3, 0.4) is 0 Å². The molecule has 1 unspecified atom stereocenters. The van der Waals surface area contributed by atoms with Crippen LogP contribution in [0, 0.1) is 17.0 Å². The van der Waals surface area contributed by atoms with Crippen molar-refractivity contribution in [1.29, 1.82) is 0 Å². The van der Waals surface area contributed by atoms with Crippen LogP contribution in [0.5, 0.6) is 0 Å². The van der Waals surface area contributed by atoms with Crippen LogP contribution in [0.15, 0.2) is 18.5 Å². The number of aryl methyl sites for hydroxylation is 2. The van der Waals surface area contributed by atoms with E-state index in [0.717, 1.165) is 17.1 Å². The molecule has 0 bridgehead atoms. The molecule has 0 aliphatic rings. The highest BCUT2D eigenvalue weighted by Crippen LogP contribution is 2.32. The van der Waals surface area contributed by atoms with Gasteiger partial charge in [0.05, 0.1) is 11.0 Å². The van der Waals surface area contributed by atoms with Crippen molar-refractivity contribution in [2.24, 2.45) is 7.05 Å². The van der Waals surface area contributed by atoms with Crippen molar-refractivity contribution in [3.63, 3.8) is 0 Å². The SMILES string of the molecule is Cc1cc([N+](=O)[O-])c(Cl)cc1NC(C)c1nncn1C. The van der Waals surface area contributed by atoms with Crippen LogP contribution in [0.1, 0.15) is 24.4 Å². The molecule has 2 rings (SSSR count). The Morgan fingerprint density at radius 1 is 1.50 bits per heavy atom. The molecule has 1 aromatic carbocycles. The maximum atomic E-state index is 10.8. The minimum atomic E-state index is -0.495. The Labute approximate surface area is 120 Å². The molecule has 0 aliphatic carbocycles. The average molecular weight is 296 g/mol. The second kappa shape index (κ2) is 5.46. The van der Waals surface area contributed by atoms with Gasteiger partial charge in [-0.1, -0.05) is 11.6 Å². The molecule has 7 nitrogen and oxygen atoms in total. The lowest BCUT2D eigenvalue weighted by molar-refractivity contribution is -0.384. The lowest BCUT2D eigenvalue weighted by atomic mass is 10.1. The number of hydrogen-bond donors (Lipinski definition) is 1. The first-order chi connectivity index (χ1) is 9.40. The normalized spacial score (nSPS) is 12.2. The van der Waals surface area contributed by atoms with E-state index in [0.29, 0.717) is 0 Å². The van der Waals surface area contributed by atoms with Crippen molar-refractivity contribution in [3.05, 3.63) is 45.0 Å². The van der Waals surface area contributed by atoms with Gasteiger partial charge in [-0.05, 0) is 25.5 Å². The summed E-state index contributed by atoms with van der Waals surface area (Å²) >= 11 is 5.92. The van der Waals surface area contributed by atoms with Crippen molar-refractivity contribution in [1.82, 2.24) is 14.8 Å². The Morgan fingerprint density at radius 2 is 2.20 bits per heavy atom. The zero-order valence-electron chi connectivity index (χ0n) is 11.3. The first-order valence-corrected chi connectivity index (χ1v) is 6.33. The summed E-state index contributed by atoms with van der Waals surface area (Å²) in [5, 5.41) is 22.0. The molecule has 0 aliphatic heterocycles. The van der Waals surface area contributed by atoms with E-state index in [2.05, 4.69) is 15.5 Å². The van der Waals surface area contributed by atoms with E-state index in [9.17, 15) is 10.1 Å². The van der Waals surface area contributed by atoms with Crippen LogP contribution in [0.25, 0.3) is 0 Å². The van der Waals surface area contributed by atoms with Gasteiger partial charge in [0.15, 0.2) is 5.82 Å². The molecule has 8 heteroatoms. The molecule has 0 saturated heterocycles. The molecule has 0 radical (unpaired) electrons. The second-order valence-corrected chi connectivity index (χ2v) is 4.95. The maximum absolute atomic E-state index is 10.8. The maximum Gasteiger partial charge on any atom is 0.288 e. The largest absolute Gasteiger partial charge is 0.375 e. The highest BCUT2D eigenvalue weighted by Gasteiger charge is 2.17. The first-order valence-electron chi connectivity index (χ1n) is 5.95. The fourth-order valence-corrected chi connectivity index (χ4v) is 2.18. The molecule has 0 spiro atoms. The number of nitro groups is 1. The highest BCUT2D eigenvalue weighted by atomic mass is 35.5. The standard InChI is InChI=1S/C12H14ClN5O2/c1-7-4-11(18(19)20)9(13)5-10(7)15-8(2)12-16-14-6-17(12)3/h4-6,8,15H,1-3H3. The number of hydrogen-bond acceptors (Lipinski definition) is 5. The highest BCUT2D eigenvalue weighted by molar-refractivity contribution is 6.33. The van der Waals surface area contributed by atoms with E-state index in [1.165, 1.54) is 6.07 Å². The minimum absolute atomic E-state index is 0.0963. The van der Waals surface area contributed by atoms with Gasteiger partial charge in [0, 0.05) is 18.8 Å². The third kappa shape index (κ3) is 2.72. The number of benzene rings is 1. The summed E-state index contributed by atoms with van der Waals surface area (Å²) in [5.41, 5.74) is 1.38. The summed E-state index contributed by atoms with van der Waals surface area (Å²) in [6, 6.07) is 2.91. The number of nitrogens with one attached hydrogen (secondary N) is 1. The van der Waals surface area contributed by atoms with Gasteiger partial charge >= 0.3 is 0 Å². The summed E-state index contributed by atoms with van der Waals surface area (Å²) in [5.74, 6) is 0.763. The van der Waals surface area contributed by atoms with E-state index in [4.69, 9.17) is 11.6 Å². The van der Waals surface area contributed by atoms with Gasteiger partial charge in [0.25, 0.3) is 5.69 Å². The Kier molecular flexibility index (Phi) is 3.89. The fraction of sp³-hybridized carbons (Fsp3) is 0.333. The number of nitrogens with zero attached hydrogens (tertiary/aromatic N) is 4. The molecule has 0 saturated carbocycles. The van der Waals surface area contributed by atoms with E-state index < -0.39 is 4.92 Å². The minimum Gasteiger partial charge on any atom is -0.375 e. The van der Waals surface area contributed by atoms with Crippen molar-refractivity contribution in [2.45, 2.75) is 19.9 Å². The Balaban J connectivity index is 2.28. The lowest BCUT2D eigenvalue weighted by Crippen LogP contribution is -2.12. The second-order valence-electron chi connectivity index (χ2n) is 4.54. The fourth-order valence-electron chi connectivity index (χ4n) is 1.94. The van der Waals surface area contributed by atoms with Gasteiger partial charge in [-0.25, -0.2) is 0 Å². The first kappa shape index (κ1) is 14.3. The number of halogens is 1. The van der Waals surface area contributed by atoms with Gasteiger partial charge in [-0.2, -0.15) is 0 Å². The van der Waals surface area contributed by atoms with E-state index in [-0.39, 0.29) is 16.8 Å². The smallest absolute Gasteiger partial charge is 0.288 e. The summed E-state index contributed by atoms with van der Waals surface area (Å²) in [4.78, 5) is 10.3. The van der Waals surface area contributed by atoms with Gasteiger partial charge in [-0.15, -0.1) is 10.2 Å². The molecule has 1 aromatic heterocycles. The lowest BCUT2D eigenvalue weighted by Gasteiger charge is -2.16.